The van der Waals surface area contributed by atoms with Crippen LogP contribution in [0.25, 0.3) is 0 Å². The number of carbonyl (C=O) groups is 5. The van der Waals surface area contributed by atoms with Crippen LogP contribution < -0.4 is 21.7 Å². The molecule has 218 valence electrons. The first kappa shape index (κ1) is 31.7. The normalized spacial score (nSPS) is 19.9. The zero-order valence-corrected chi connectivity index (χ0v) is 22.5. The van der Waals surface area contributed by atoms with Gasteiger partial charge in [-0.1, -0.05) is 13.8 Å². The number of carbonyl (C=O) groups excluding carboxylic acids is 4. The van der Waals surface area contributed by atoms with Gasteiger partial charge in [-0.3, -0.25) is 19.2 Å². The van der Waals surface area contributed by atoms with Gasteiger partial charge in [0.25, 0.3) is 0 Å². The van der Waals surface area contributed by atoms with Crippen molar-refractivity contribution in [2.24, 2.45) is 11.7 Å². The Bertz CT molecular complexity index is 1010. The van der Waals surface area contributed by atoms with Crippen LogP contribution in [0.15, 0.2) is 12.5 Å². The van der Waals surface area contributed by atoms with E-state index in [1.165, 1.54) is 31.3 Å². The van der Waals surface area contributed by atoms with Gasteiger partial charge >= 0.3 is 5.97 Å². The second-order valence-corrected chi connectivity index (χ2v) is 10.1. The minimum Gasteiger partial charge on any atom is -0.480 e. The Kier molecular flexibility index (Phi) is 11.4. The van der Waals surface area contributed by atoms with E-state index in [0.29, 0.717) is 18.5 Å². The smallest absolute Gasteiger partial charge is 0.326 e. The minimum absolute atomic E-state index is 0.0725. The summed E-state index contributed by atoms with van der Waals surface area (Å²) < 4.78 is 0. The van der Waals surface area contributed by atoms with Crippen molar-refractivity contribution in [2.45, 2.75) is 89.4 Å². The Balaban J connectivity index is 2.20. The lowest BCUT2D eigenvalue weighted by Gasteiger charge is -2.31. The van der Waals surface area contributed by atoms with E-state index in [-0.39, 0.29) is 13.0 Å². The maximum absolute atomic E-state index is 13.2. The van der Waals surface area contributed by atoms with E-state index in [1.807, 2.05) is 0 Å². The van der Waals surface area contributed by atoms with Crippen molar-refractivity contribution in [2.75, 3.05) is 6.54 Å². The molecule has 0 saturated carbocycles. The Morgan fingerprint density at radius 2 is 1.67 bits per heavy atom. The number of aliphatic hydroxyl groups excluding tert-OH is 2. The number of carboxylic acid groups (broad SMARTS) is 1. The van der Waals surface area contributed by atoms with Crippen LogP contribution in [-0.4, -0.2) is 109 Å². The number of rotatable bonds is 13. The molecular weight excluding hydrogens is 514 g/mol. The summed E-state index contributed by atoms with van der Waals surface area (Å²) in [6, 6.07) is -6.22. The number of likely N-dealkylation sites (tertiary alicyclic amines) is 1. The molecule has 39 heavy (non-hydrogen) atoms. The number of aliphatic carboxylic acids is 1. The number of nitrogens with one attached hydrogen (secondary N) is 4. The molecule has 7 atom stereocenters. The number of nitrogens with two attached hydrogens (primary N) is 1. The van der Waals surface area contributed by atoms with E-state index >= 15 is 0 Å². The standard InChI is InChI=1S/C24H39N7O8/c1-11(2)18(23(37)31-7-5-6-16(31)24(38)39)29-22(36)19(13(4)33)30-20(34)15(8-14-9-26-10-27-14)28-21(35)17(25)12(3)32/h9-13,15-19,32-33H,5-8,25H2,1-4H3,(H,26,27)(H,28,35)(H,29,36)(H,30,34)(H,38,39)/t12-,13-,15+,16+,17+,18+,19+/m1/s1. The molecule has 15 heteroatoms. The first-order valence-electron chi connectivity index (χ1n) is 12.8. The summed E-state index contributed by atoms with van der Waals surface area (Å²) in [5, 5.41) is 36.8. The fourth-order valence-corrected chi connectivity index (χ4v) is 4.19. The molecule has 0 aromatic carbocycles. The lowest BCUT2D eigenvalue weighted by atomic mass is 10.0. The molecule has 1 aliphatic rings. The summed E-state index contributed by atoms with van der Waals surface area (Å²) in [5.74, 6) is -4.67. The number of aromatic amines is 1. The van der Waals surface area contributed by atoms with E-state index in [1.54, 1.807) is 13.8 Å². The average Bonchev–Trinajstić information content (AvgIpc) is 3.56. The molecule has 2 heterocycles. The van der Waals surface area contributed by atoms with Crippen molar-refractivity contribution < 1.29 is 39.3 Å². The van der Waals surface area contributed by atoms with Crippen molar-refractivity contribution in [1.82, 2.24) is 30.8 Å². The van der Waals surface area contributed by atoms with Gasteiger partial charge in [0.1, 0.15) is 30.2 Å². The van der Waals surface area contributed by atoms with Gasteiger partial charge in [-0.15, -0.1) is 0 Å². The van der Waals surface area contributed by atoms with Crippen molar-refractivity contribution >= 4 is 29.6 Å². The SMILES string of the molecule is CC(C)[C@H](NC(=O)[C@@H](NC(=O)[C@H](Cc1cnc[nH]1)NC(=O)[C@@H](N)[C@@H](C)O)[C@@H](C)O)C(=O)N1CCC[C@H]1C(=O)O. The Morgan fingerprint density at radius 3 is 2.18 bits per heavy atom. The highest BCUT2D eigenvalue weighted by Crippen LogP contribution is 2.20. The lowest BCUT2D eigenvalue weighted by molar-refractivity contribution is -0.150. The highest BCUT2D eigenvalue weighted by atomic mass is 16.4. The van der Waals surface area contributed by atoms with Gasteiger partial charge in [0.15, 0.2) is 0 Å². The second-order valence-electron chi connectivity index (χ2n) is 10.1. The van der Waals surface area contributed by atoms with Gasteiger partial charge in [-0.25, -0.2) is 9.78 Å². The zero-order chi connectivity index (χ0) is 29.4. The molecule has 1 saturated heterocycles. The summed E-state index contributed by atoms with van der Waals surface area (Å²) in [7, 11) is 0. The molecule has 2 rings (SSSR count). The van der Waals surface area contributed by atoms with Crippen LogP contribution in [0, 0.1) is 5.92 Å². The predicted octanol–water partition coefficient (Wildman–Crippen LogP) is -2.77. The van der Waals surface area contributed by atoms with Crippen LogP contribution in [0.2, 0.25) is 0 Å². The number of aliphatic hydroxyl groups is 2. The maximum atomic E-state index is 13.2. The van der Waals surface area contributed by atoms with Crippen molar-refractivity contribution in [3.63, 3.8) is 0 Å². The third-order valence-electron chi connectivity index (χ3n) is 6.55. The molecule has 0 aliphatic carbocycles. The third kappa shape index (κ3) is 8.46. The van der Waals surface area contributed by atoms with E-state index < -0.39 is 77.9 Å². The number of aromatic nitrogens is 2. The first-order chi connectivity index (χ1) is 18.2. The number of imidazole rings is 1. The number of amides is 4. The van der Waals surface area contributed by atoms with Crippen LogP contribution in [0.1, 0.15) is 46.2 Å². The van der Waals surface area contributed by atoms with Crippen LogP contribution in [0.5, 0.6) is 0 Å². The molecule has 4 amide bonds. The monoisotopic (exact) mass is 553 g/mol. The van der Waals surface area contributed by atoms with Gasteiger partial charge in [-0.2, -0.15) is 0 Å². The molecule has 15 nitrogen and oxygen atoms in total. The van der Waals surface area contributed by atoms with Gasteiger partial charge in [0.05, 0.1) is 18.5 Å². The van der Waals surface area contributed by atoms with E-state index in [2.05, 4.69) is 25.9 Å². The molecular formula is C24H39N7O8. The van der Waals surface area contributed by atoms with Crippen LogP contribution in [0.3, 0.4) is 0 Å². The van der Waals surface area contributed by atoms with Gasteiger partial charge < -0.3 is 46.9 Å². The molecule has 0 bridgehead atoms. The Labute approximate surface area is 225 Å². The molecule has 1 aromatic rings. The fourth-order valence-electron chi connectivity index (χ4n) is 4.19. The van der Waals surface area contributed by atoms with E-state index in [9.17, 15) is 39.3 Å². The van der Waals surface area contributed by atoms with E-state index in [4.69, 9.17) is 5.73 Å². The number of hydrogen-bond acceptors (Lipinski definition) is 9. The number of hydrogen-bond donors (Lipinski definition) is 8. The highest BCUT2D eigenvalue weighted by molar-refractivity contribution is 5.96. The van der Waals surface area contributed by atoms with Gasteiger partial charge in [0.2, 0.25) is 23.6 Å². The zero-order valence-electron chi connectivity index (χ0n) is 22.5. The molecule has 0 spiro atoms. The minimum atomic E-state index is -1.52. The summed E-state index contributed by atoms with van der Waals surface area (Å²) >= 11 is 0. The van der Waals surface area contributed by atoms with Gasteiger partial charge in [-0.05, 0) is 32.6 Å². The maximum Gasteiger partial charge on any atom is 0.326 e. The topological polar surface area (TPSA) is 240 Å². The first-order valence-corrected chi connectivity index (χ1v) is 12.8. The lowest BCUT2D eigenvalue weighted by Crippen LogP contribution is -2.62. The molecule has 9 N–H and O–H groups in total. The molecule has 0 unspecified atom stereocenters. The average molecular weight is 554 g/mol. The second kappa shape index (κ2) is 14.0. The molecule has 1 fully saturated rings. The van der Waals surface area contributed by atoms with Crippen LogP contribution in [0.4, 0.5) is 0 Å². The number of carboxylic acids is 1. The van der Waals surface area contributed by atoms with Gasteiger partial charge in [0, 0.05) is 24.9 Å². The third-order valence-corrected chi connectivity index (χ3v) is 6.55. The van der Waals surface area contributed by atoms with Crippen LogP contribution in [-0.2, 0) is 30.4 Å². The quantitative estimate of drug-likeness (QED) is 0.125. The summed E-state index contributed by atoms with van der Waals surface area (Å²) in [4.78, 5) is 71.5. The Hall–Kier alpha value is -3.56. The van der Waals surface area contributed by atoms with Crippen molar-refractivity contribution in [3.8, 4) is 0 Å². The van der Waals surface area contributed by atoms with E-state index in [0.717, 1.165) is 0 Å². The predicted molar refractivity (Wildman–Crippen MR) is 137 cm³/mol. The largest absolute Gasteiger partial charge is 0.480 e. The summed E-state index contributed by atoms with van der Waals surface area (Å²) in [6.45, 7) is 6.16. The fraction of sp³-hybridized carbons (Fsp3) is 0.667. The molecule has 0 radical (unpaired) electrons. The summed E-state index contributed by atoms with van der Waals surface area (Å²) in [5.41, 5.74) is 6.16. The van der Waals surface area contributed by atoms with Crippen molar-refractivity contribution in [1.29, 1.82) is 0 Å². The number of nitrogens with zero attached hydrogens (tertiary/aromatic N) is 2. The highest BCUT2D eigenvalue weighted by Gasteiger charge is 2.40. The Morgan fingerprint density at radius 1 is 1.03 bits per heavy atom. The number of H-pyrrole nitrogens is 1. The van der Waals surface area contributed by atoms with Crippen molar-refractivity contribution in [3.05, 3.63) is 18.2 Å². The molecule has 1 aromatic heterocycles. The van der Waals surface area contributed by atoms with Crippen LogP contribution >= 0.6 is 0 Å². The summed E-state index contributed by atoms with van der Waals surface area (Å²) in [6.07, 6.45) is 0.943. The molecule has 1 aliphatic heterocycles.